The van der Waals surface area contributed by atoms with Crippen molar-refractivity contribution >= 4 is 28.3 Å². The van der Waals surface area contributed by atoms with Crippen molar-refractivity contribution < 1.29 is 22.3 Å². The van der Waals surface area contributed by atoms with Crippen molar-refractivity contribution in [3.8, 4) is 5.75 Å². The van der Waals surface area contributed by atoms with E-state index in [-0.39, 0.29) is 24.2 Å². The van der Waals surface area contributed by atoms with E-state index in [1.807, 2.05) is 6.07 Å². The Morgan fingerprint density at radius 1 is 1.20 bits per heavy atom. The van der Waals surface area contributed by atoms with Gasteiger partial charge in [-0.2, -0.15) is 0 Å². The number of alkyl halides is 3. The van der Waals surface area contributed by atoms with Crippen LogP contribution < -0.4 is 10.1 Å². The molecule has 1 atom stereocenters. The maximum atomic E-state index is 12.6. The lowest BCUT2D eigenvalue weighted by Gasteiger charge is -2.34. The minimum atomic E-state index is -4.73. The summed E-state index contributed by atoms with van der Waals surface area (Å²) in [5, 5.41) is 3.27. The first-order chi connectivity index (χ1) is 11.4. The molecule has 1 saturated heterocycles. The predicted octanol–water partition coefficient (Wildman–Crippen LogP) is 4.36. The largest absolute Gasteiger partial charge is 0.573 e. The Bertz CT molecular complexity index is 677. The summed E-state index contributed by atoms with van der Waals surface area (Å²) < 4.78 is 47.8. The summed E-state index contributed by atoms with van der Waals surface area (Å²) in [6.07, 6.45) is -3.16. The molecule has 1 aliphatic heterocycles. The molecule has 138 valence electrons. The molecule has 1 aromatic carbocycles. The fourth-order valence-electron chi connectivity index (χ4n) is 2.88. The van der Waals surface area contributed by atoms with E-state index in [0.717, 1.165) is 26.2 Å². The van der Waals surface area contributed by atoms with E-state index in [1.54, 1.807) is 18.4 Å². The van der Waals surface area contributed by atoms with Crippen molar-refractivity contribution in [3.63, 3.8) is 0 Å². The summed E-state index contributed by atoms with van der Waals surface area (Å²) in [5.41, 5.74) is 0.681. The van der Waals surface area contributed by atoms with Gasteiger partial charge < -0.3 is 14.5 Å². The second kappa shape index (κ2) is 8.44. The molecule has 1 N–H and O–H groups in total. The highest BCUT2D eigenvalue weighted by Crippen LogP contribution is 2.35. The number of piperazine rings is 1. The van der Waals surface area contributed by atoms with E-state index >= 15 is 0 Å². The van der Waals surface area contributed by atoms with E-state index in [0.29, 0.717) is 15.8 Å². The molecule has 2 aromatic rings. The van der Waals surface area contributed by atoms with Crippen molar-refractivity contribution in [1.29, 1.82) is 0 Å². The van der Waals surface area contributed by atoms with Gasteiger partial charge in [0.15, 0.2) is 0 Å². The number of nitrogens with zero attached hydrogens (tertiary/aromatic N) is 1. The normalized spacial score (nSPS) is 17.0. The van der Waals surface area contributed by atoms with E-state index in [1.165, 1.54) is 12.1 Å². The summed E-state index contributed by atoms with van der Waals surface area (Å²) in [6.45, 7) is 3.18. The second-order valence-electron chi connectivity index (χ2n) is 5.47. The highest BCUT2D eigenvalue weighted by molar-refractivity contribution is 9.10. The Morgan fingerprint density at radius 2 is 1.92 bits per heavy atom. The Kier molecular flexibility index (Phi) is 6.79. The number of furan rings is 1. The van der Waals surface area contributed by atoms with Gasteiger partial charge in [0.05, 0.1) is 12.3 Å². The first-order valence-corrected chi connectivity index (χ1v) is 8.26. The molecule has 0 bridgehead atoms. The fourth-order valence-corrected chi connectivity index (χ4v) is 3.37. The van der Waals surface area contributed by atoms with Gasteiger partial charge in [-0.3, -0.25) is 4.90 Å². The summed E-state index contributed by atoms with van der Waals surface area (Å²) in [6, 6.07) is 7.84. The molecule has 1 aliphatic rings. The van der Waals surface area contributed by atoms with E-state index in [4.69, 9.17) is 4.42 Å². The smallest absolute Gasteiger partial charge is 0.467 e. The highest BCUT2D eigenvalue weighted by Gasteiger charge is 2.32. The maximum Gasteiger partial charge on any atom is 0.573 e. The van der Waals surface area contributed by atoms with Crippen molar-refractivity contribution in [2.75, 3.05) is 26.2 Å². The van der Waals surface area contributed by atoms with E-state index < -0.39 is 6.36 Å². The molecule has 0 amide bonds. The van der Waals surface area contributed by atoms with Crippen molar-refractivity contribution in [2.45, 2.75) is 12.4 Å². The average Bonchev–Trinajstić information content (AvgIpc) is 3.00. The van der Waals surface area contributed by atoms with Crippen molar-refractivity contribution in [2.24, 2.45) is 0 Å². The van der Waals surface area contributed by atoms with Crippen LogP contribution in [0.25, 0.3) is 0 Å². The molecule has 1 aromatic heterocycles. The molecule has 25 heavy (non-hydrogen) atoms. The minimum absolute atomic E-state index is 0. The molecular weight excluding hydrogens is 425 g/mol. The van der Waals surface area contributed by atoms with Gasteiger partial charge >= 0.3 is 6.36 Å². The maximum absolute atomic E-state index is 12.6. The quantitative estimate of drug-likeness (QED) is 0.765. The van der Waals surface area contributed by atoms with E-state index in [9.17, 15) is 13.2 Å². The lowest BCUT2D eigenvalue weighted by atomic mass is 10.0. The van der Waals surface area contributed by atoms with Crippen LogP contribution in [0.3, 0.4) is 0 Å². The zero-order valence-corrected chi connectivity index (χ0v) is 15.5. The average molecular weight is 442 g/mol. The molecule has 0 radical (unpaired) electrons. The standard InChI is InChI=1S/C16H16BrF3N2O2.ClH/c17-12-8-11(9-13(10-12)24-16(18,19)20)15(14-2-1-7-23-14)22-5-3-21-4-6-22;/h1-2,7-10,15,21H,3-6H2;1H/t15-;/m0./s1. The van der Waals surface area contributed by atoms with Gasteiger partial charge in [-0.15, -0.1) is 25.6 Å². The molecule has 4 nitrogen and oxygen atoms in total. The number of nitrogens with one attached hydrogen (secondary N) is 1. The Balaban J connectivity index is 0.00000225. The molecule has 0 unspecified atom stereocenters. The minimum Gasteiger partial charge on any atom is -0.467 e. The number of hydrogen-bond acceptors (Lipinski definition) is 4. The summed E-state index contributed by atoms with van der Waals surface area (Å²) in [7, 11) is 0. The lowest BCUT2D eigenvalue weighted by Crippen LogP contribution is -2.45. The van der Waals surface area contributed by atoms with Crippen LogP contribution in [-0.2, 0) is 0 Å². The zero-order valence-electron chi connectivity index (χ0n) is 13.1. The zero-order chi connectivity index (χ0) is 17.2. The number of rotatable bonds is 4. The van der Waals surface area contributed by atoms with Crippen LogP contribution in [-0.4, -0.2) is 37.4 Å². The molecule has 9 heteroatoms. The SMILES string of the molecule is Cl.FC(F)(F)Oc1cc(Br)cc([C@@H](c2ccco2)N2CCNCC2)c1. The monoisotopic (exact) mass is 440 g/mol. The van der Waals surface area contributed by atoms with Crippen molar-refractivity contribution in [3.05, 3.63) is 52.4 Å². The molecule has 0 aliphatic carbocycles. The van der Waals surface area contributed by atoms with Gasteiger partial charge in [-0.05, 0) is 35.9 Å². The summed E-state index contributed by atoms with van der Waals surface area (Å²) >= 11 is 3.27. The molecule has 0 saturated carbocycles. The lowest BCUT2D eigenvalue weighted by molar-refractivity contribution is -0.274. The first kappa shape index (κ1) is 20.1. The third kappa shape index (κ3) is 5.37. The summed E-state index contributed by atoms with van der Waals surface area (Å²) in [4.78, 5) is 2.18. The van der Waals surface area contributed by atoms with Gasteiger partial charge in [0.1, 0.15) is 11.5 Å². The highest BCUT2D eigenvalue weighted by atomic mass is 79.9. The van der Waals surface area contributed by atoms with Crippen LogP contribution in [0, 0.1) is 0 Å². The molecule has 2 heterocycles. The third-order valence-corrected chi connectivity index (χ3v) is 4.23. The third-order valence-electron chi connectivity index (χ3n) is 3.77. The van der Waals surface area contributed by atoms with E-state index in [2.05, 4.69) is 30.9 Å². The topological polar surface area (TPSA) is 37.6 Å². The van der Waals surface area contributed by atoms with Crippen LogP contribution in [0.2, 0.25) is 0 Å². The molecule has 0 spiro atoms. The van der Waals surface area contributed by atoms with Crippen molar-refractivity contribution in [1.82, 2.24) is 10.2 Å². The Morgan fingerprint density at radius 3 is 2.52 bits per heavy atom. The van der Waals surface area contributed by atoms with Gasteiger partial charge in [-0.25, -0.2) is 0 Å². The summed E-state index contributed by atoms with van der Waals surface area (Å²) in [5.74, 6) is 0.437. The van der Waals surface area contributed by atoms with Gasteiger partial charge in [0.25, 0.3) is 0 Å². The Hall–Kier alpha value is -1.22. The predicted molar refractivity (Wildman–Crippen MR) is 93.1 cm³/mol. The van der Waals surface area contributed by atoms with Crippen LogP contribution in [0.5, 0.6) is 5.75 Å². The van der Waals surface area contributed by atoms with Gasteiger partial charge in [0, 0.05) is 30.7 Å². The number of halogens is 5. The van der Waals surface area contributed by atoms with Crippen LogP contribution >= 0.6 is 28.3 Å². The second-order valence-corrected chi connectivity index (χ2v) is 6.39. The molecular formula is C16H17BrClF3N2O2. The molecule has 1 fully saturated rings. The van der Waals surface area contributed by atoms with Gasteiger partial charge in [-0.1, -0.05) is 15.9 Å². The van der Waals surface area contributed by atoms with Crippen LogP contribution in [0.4, 0.5) is 13.2 Å². The van der Waals surface area contributed by atoms with Crippen LogP contribution in [0.1, 0.15) is 17.4 Å². The number of benzene rings is 1. The number of hydrogen-bond donors (Lipinski definition) is 1. The Labute approximate surface area is 157 Å². The first-order valence-electron chi connectivity index (χ1n) is 7.47. The number of ether oxygens (including phenoxy) is 1. The van der Waals surface area contributed by atoms with Crippen LogP contribution in [0.15, 0.2) is 45.5 Å². The molecule has 3 rings (SSSR count). The fraction of sp³-hybridized carbons (Fsp3) is 0.375. The van der Waals surface area contributed by atoms with Gasteiger partial charge in [0.2, 0.25) is 0 Å².